The van der Waals surface area contributed by atoms with E-state index in [1.54, 1.807) is 32.0 Å². The quantitative estimate of drug-likeness (QED) is 0.311. The van der Waals surface area contributed by atoms with Crippen LogP contribution in [0.15, 0.2) is 47.9 Å². The number of carbonyl (C=O) groups excluding carboxylic acids is 1. The summed E-state index contributed by atoms with van der Waals surface area (Å²) in [5.41, 5.74) is -1.50. The van der Waals surface area contributed by atoms with Gasteiger partial charge in [-0.05, 0) is 63.6 Å². The monoisotopic (exact) mass is 500 g/mol. The molecule has 1 aromatic heterocycles. The molecule has 1 aromatic carbocycles. The average Bonchev–Trinajstić information content (AvgIpc) is 2.80. The third kappa shape index (κ3) is 5.76. The van der Waals surface area contributed by atoms with Crippen LogP contribution in [-0.2, 0) is 9.53 Å². The summed E-state index contributed by atoms with van der Waals surface area (Å²) in [6.07, 6.45) is 4.02. The number of allylic oxidation sites excluding steroid dienone is 1. The van der Waals surface area contributed by atoms with Crippen LogP contribution in [0.25, 0.3) is 11.1 Å². The summed E-state index contributed by atoms with van der Waals surface area (Å²) in [5, 5.41) is 9.93. The summed E-state index contributed by atoms with van der Waals surface area (Å²) in [6, 6.07) is 7.18. The van der Waals surface area contributed by atoms with Crippen molar-refractivity contribution in [2.24, 2.45) is 5.92 Å². The van der Waals surface area contributed by atoms with Gasteiger partial charge in [-0.25, -0.2) is 9.18 Å². The van der Waals surface area contributed by atoms with Crippen LogP contribution in [0.2, 0.25) is 5.02 Å². The van der Waals surface area contributed by atoms with Crippen molar-refractivity contribution >= 4 is 17.6 Å². The molecular weight excluding hydrogens is 471 g/mol. The molecule has 6 nitrogen and oxygen atoms in total. The van der Waals surface area contributed by atoms with Gasteiger partial charge in [0.05, 0.1) is 24.9 Å². The lowest BCUT2D eigenvalue weighted by Gasteiger charge is -2.41. The van der Waals surface area contributed by atoms with Crippen LogP contribution in [-0.4, -0.2) is 28.9 Å². The molecule has 1 aliphatic rings. The fraction of sp³-hybridized carbons (Fsp3) is 0.444. The molecule has 8 heteroatoms. The molecule has 3 rings (SSSR count). The van der Waals surface area contributed by atoms with E-state index in [4.69, 9.17) is 21.1 Å². The Morgan fingerprint density at radius 1 is 1.40 bits per heavy atom. The van der Waals surface area contributed by atoms with Crippen molar-refractivity contribution in [2.75, 3.05) is 7.11 Å². The third-order valence-corrected chi connectivity index (χ3v) is 6.91. The molecule has 1 atom stereocenters. The van der Waals surface area contributed by atoms with E-state index >= 15 is 0 Å². The number of hydrogen-bond donors (Lipinski definition) is 0. The van der Waals surface area contributed by atoms with Gasteiger partial charge >= 0.3 is 5.97 Å². The lowest BCUT2D eigenvalue weighted by Crippen LogP contribution is -2.42. The molecule has 1 saturated carbocycles. The van der Waals surface area contributed by atoms with Gasteiger partial charge in [-0.3, -0.25) is 9.36 Å². The smallest absolute Gasteiger partial charge is 0.329 e. The van der Waals surface area contributed by atoms with E-state index in [0.717, 1.165) is 0 Å². The number of carbonyl (C=O) groups is 1. The Labute approximate surface area is 209 Å². The molecule has 0 aliphatic heterocycles. The summed E-state index contributed by atoms with van der Waals surface area (Å²) in [7, 11) is 1.44. The lowest BCUT2D eigenvalue weighted by atomic mass is 9.70. The number of ether oxygens (including phenoxy) is 2. The van der Waals surface area contributed by atoms with Gasteiger partial charge in [0.15, 0.2) is 0 Å². The number of pyridine rings is 1. The molecular formula is C27H30ClFN2O4. The summed E-state index contributed by atoms with van der Waals surface area (Å²) in [4.78, 5) is 26.6. The zero-order valence-electron chi connectivity index (χ0n) is 20.4. The normalized spacial score (nSPS) is 20.3. The molecule has 0 bridgehead atoms. The number of nitrogens with zero attached hydrogens (tertiary/aromatic N) is 2. The Kier molecular flexibility index (Phi) is 7.76. The molecule has 35 heavy (non-hydrogen) atoms. The molecule has 1 unspecified atom stereocenters. The van der Waals surface area contributed by atoms with Crippen LogP contribution < -0.4 is 10.3 Å². The molecule has 0 spiro atoms. The summed E-state index contributed by atoms with van der Waals surface area (Å²) in [5.74, 6) is -0.393. The van der Waals surface area contributed by atoms with Crippen molar-refractivity contribution in [1.29, 1.82) is 5.26 Å². The first-order chi connectivity index (χ1) is 16.5. The molecule has 0 amide bonds. The van der Waals surface area contributed by atoms with Crippen molar-refractivity contribution in [3.63, 3.8) is 0 Å². The van der Waals surface area contributed by atoms with E-state index in [1.807, 2.05) is 6.92 Å². The van der Waals surface area contributed by atoms with Crippen molar-refractivity contribution < 1.29 is 18.7 Å². The highest BCUT2D eigenvalue weighted by Crippen LogP contribution is 2.46. The first-order valence-electron chi connectivity index (χ1n) is 11.5. The van der Waals surface area contributed by atoms with Crippen molar-refractivity contribution in [3.8, 4) is 22.9 Å². The number of methoxy groups -OCH3 is 1. The minimum atomic E-state index is -1.45. The van der Waals surface area contributed by atoms with Gasteiger partial charge in [-0.15, -0.1) is 0 Å². The maximum atomic E-state index is 14.4. The van der Waals surface area contributed by atoms with Gasteiger partial charge in [0.2, 0.25) is 0 Å². The summed E-state index contributed by atoms with van der Waals surface area (Å²) < 4.78 is 27.0. The highest BCUT2D eigenvalue weighted by molar-refractivity contribution is 6.31. The molecule has 0 N–H and O–H groups in total. The zero-order chi connectivity index (χ0) is 26.0. The maximum Gasteiger partial charge on any atom is 0.329 e. The van der Waals surface area contributed by atoms with Crippen LogP contribution in [0, 0.1) is 17.2 Å². The Morgan fingerprint density at radius 3 is 2.66 bits per heavy atom. The number of rotatable bonds is 9. The molecule has 0 radical (unpaired) electrons. The Balaban J connectivity index is 2.07. The fourth-order valence-electron chi connectivity index (χ4n) is 4.27. The molecule has 1 heterocycles. The number of nitriles is 1. The van der Waals surface area contributed by atoms with Crippen molar-refractivity contribution in [2.45, 2.75) is 63.8 Å². The second-order valence-electron chi connectivity index (χ2n) is 9.60. The van der Waals surface area contributed by atoms with E-state index in [-0.39, 0.29) is 30.9 Å². The van der Waals surface area contributed by atoms with E-state index < -0.39 is 28.8 Å². The summed E-state index contributed by atoms with van der Waals surface area (Å²) >= 11 is 6.14. The highest BCUT2D eigenvalue weighted by atomic mass is 35.5. The first-order valence-corrected chi connectivity index (χ1v) is 11.9. The predicted octanol–water partition coefficient (Wildman–Crippen LogP) is 6.02. The fourth-order valence-corrected chi connectivity index (χ4v) is 4.44. The predicted molar refractivity (Wildman–Crippen MR) is 133 cm³/mol. The van der Waals surface area contributed by atoms with Crippen LogP contribution in [0.3, 0.4) is 0 Å². The Hall–Kier alpha value is -3.11. The number of alkyl halides is 1. The molecule has 2 aromatic rings. The number of benzene rings is 1. The average molecular weight is 501 g/mol. The molecule has 0 saturated heterocycles. The van der Waals surface area contributed by atoms with Crippen LogP contribution >= 0.6 is 11.6 Å². The number of halogens is 2. The van der Waals surface area contributed by atoms with Crippen LogP contribution in [0.5, 0.6) is 5.75 Å². The molecule has 1 aliphatic carbocycles. The molecule has 1 fully saturated rings. The Morgan fingerprint density at radius 2 is 2.09 bits per heavy atom. The first kappa shape index (κ1) is 26.5. The van der Waals surface area contributed by atoms with Crippen molar-refractivity contribution in [3.05, 3.63) is 64.1 Å². The van der Waals surface area contributed by atoms with Gasteiger partial charge in [-0.1, -0.05) is 31.2 Å². The van der Waals surface area contributed by atoms with Gasteiger partial charge in [-0.2, -0.15) is 5.26 Å². The summed E-state index contributed by atoms with van der Waals surface area (Å²) in [6.45, 7) is 9.04. The van der Waals surface area contributed by atoms with Crippen molar-refractivity contribution in [1.82, 2.24) is 4.57 Å². The minimum Gasteiger partial charge on any atom is -0.495 e. The number of hydrogen-bond acceptors (Lipinski definition) is 5. The van der Waals surface area contributed by atoms with Crippen LogP contribution in [0.1, 0.15) is 58.1 Å². The molecule has 186 valence electrons. The van der Waals surface area contributed by atoms with Gasteiger partial charge in [0.1, 0.15) is 23.1 Å². The van der Waals surface area contributed by atoms with Gasteiger partial charge < -0.3 is 9.47 Å². The third-order valence-electron chi connectivity index (χ3n) is 6.67. The second-order valence-corrected chi connectivity index (χ2v) is 10.0. The maximum absolute atomic E-state index is 14.4. The Bertz CT molecular complexity index is 1220. The van der Waals surface area contributed by atoms with Gasteiger partial charge in [0.25, 0.3) is 5.56 Å². The van der Waals surface area contributed by atoms with E-state index in [0.29, 0.717) is 28.1 Å². The lowest BCUT2D eigenvalue weighted by molar-refractivity contribution is -0.162. The largest absolute Gasteiger partial charge is 0.495 e. The van der Waals surface area contributed by atoms with E-state index in [2.05, 4.69) is 12.6 Å². The number of esters is 1. The van der Waals surface area contributed by atoms with Crippen LogP contribution in [0.4, 0.5) is 4.39 Å². The van der Waals surface area contributed by atoms with E-state index in [9.17, 15) is 19.2 Å². The topological polar surface area (TPSA) is 81.3 Å². The second kappa shape index (κ2) is 10.2. The standard InChI is InChI=1S/C27H30ClFN2O4/c1-6-26(3,4)35-25(33)22(10-17-13-27(29,7-2)14-17)31-16-23(34-5)21(12-24(31)32)20-11-19(28)9-8-18(20)15-30/h7-9,11-12,16-17,22H,2,6,10,13-14H2,1,3-5H3. The SMILES string of the molecule is C=CC1(F)CC(CC(C(=O)OC(C)(C)CC)n2cc(OC)c(-c3cc(Cl)ccc3C#N)cc2=O)C1. The highest BCUT2D eigenvalue weighted by Gasteiger charge is 2.44. The number of aromatic nitrogens is 1. The van der Waals surface area contributed by atoms with E-state index in [1.165, 1.54) is 30.0 Å². The van der Waals surface area contributed by atoms with Gasteiger partial charge in [0, 0.05) is 22.2 Å². The minimum absolute atomic E-state index is 0.115. The zero-order valence-corrected chi connectivity index (χ0v) is 21.2.